The number of nitrogens with zero attached hydrogens (tertiary/aromatic N) is 2. The number of pyridine rings is 1. The summed E-state index contributed by atoms with van der Waals surface area (Å²) < 4.78 is 51.0. The van der Waals surface area contributed by atoms with Crippen molar-refractivity contribution < 1.29 is 27.4 Å². The lowest BCUT2D eigenvalue weighted by Gasteiger charge is -2.45. The number of carbonyl (C=O) groups excluding carboxylic acids is 1. The predicted molar refractivity (Wildman–Crippen MR) is 125 cm³/mol. The monoisotopic (exact) mass is 488 g/mol. The second kappa shape index (κ2) is 9.03. The van der Waals surface area contributed by atoms with Crippen LogP contribution >= 0.6 is 0 Å². The quantitative estimate of drug-likeness (QED) is 0.501. The van der Waals surface area contributed by atoms with E-state index >= 15 is 0 Å². The van der Waals surface area contributed by atoms with Crippen molar-refractivity contribution in [2.45, 2.75) is 63.1 Å². The summed E-state index contributed by atoms with van der Waals surface area (Å²) in [6, 6.07) is 7.54. The number of carbonyl (C=O) groups is 1. The third-order valence-corrected chi connectivity index (χ3v) is 7.99. The Kier molecular flexibility index (Phi) is 6.18. The van der Waals surface area contributed by atoms with Gasteiger partial charge in [-0.3, -0.25) is 9.78 Å². The first-order chi connectivity index (χ1) is 16.7. The van der Waals surface area contributed by atoms with Gasteiger partial charge in [0.05, 0.1) is 30.5 Å². The number of aromatic nitrogens is 1. The van der Waals surface area contributed by atoms with E-state index < -0.39 is 11.7 Å². The molecule has 1 aromatic carbocycles. The summed E-state index contributed by atoms with van der Waals surface area (Å²) in [6.45, 7) is 3.17. The number of hydrogen-bond donors (Lipinski definition) is 0. The predicted octanol–water partition coefficient (Wildman–Crippen LogP) is 5.77. The highest BCUT2D eigenvalue weighted by atomic mass is 19.4. The molecule has 5 nitrogen and oxygen atoms in total. The topological polar surface area (TPSA) is 51.7 Å². The van der Waals surface area contributed by atoms with Crippen LogP contribution in [0.4, 0.5) is 18.9 Å². The van der Waals surface area contributed by atoms with Crippen molar-refractivity contribution >= 4 is 11.7 Å². The van der Waals surface area contributed by atoms with Gasteiger partial charge in [-0.25, -0.2) is 0 Å². The highest BCUT2D eigenvalue weighted by molar-refractivity contribution is 5.73. The zero-order chi connectivity index (χ0) is 24.8. The molecule has 2 aromatic rings. The fraction of sp³-hybridized carbons (Fsp3) is 0.556. The van der Waals surface area contributed by atoms with Crippen molar-refractivity contribution in [2.24, 2.45) is 11.8 Å². The van der Waals surface area contributed by atoms with Crippen LogP contribution in [0.5, 0.6) is 5.75 Å². The minimum atomic E-state index is -4.41. The number of esters is 1. The summed E-state index contributed by atoms with van der Waals surface area (Å²) in [6.07, 6.45) is 3.45. The number of anilines is 1. The molecule has 3 aliphatic rings. The summed E-state index contributed by atoms with van der Waals surface area (Å²) in [5, 5.41) is 0. The van der Waals surface area contributed by atoms with Crippen molar-refractivity contribution in [3.63, 3.8) is 0 Å². The Morgan fingerprint density at radius 2 is 1.91 bits per heavy atom. The van der Waals surface area contributed by atoms with E-state index in [-0.39, 0.29) is 23.4 Å². The molecule has 2 aliphatic heterocycles. The SMILES string of the molecule is COC(=O)[C@@H](C)[C@H](c1ccc2c(c1)OC1(CC2)CCN(c2cncc(C(F)(F)F)c2)CC1)C1CC1. The molecule has 35 heavy (non-hydrogen) atoms. The van der Waals surface area contributed by atoms with Gasteiger partial charge in [-0.2, -0.15) is 13.2 Å². The maximum absolute atomic E-state index is 13.1. The van der Waals surface area contributed by atoms with E-state index in [2.05, 4.69) is 23.2 Å². The summed E-state index contributed by atoms with van der Waals surface area (Å²) in [7, 11) is 1.43. The first kappa shape index (κ1) is 23.9. The van der Waals surface area contributed by atoms with E-state index in [0.29, 0.717) is 24.7 Å². The molecule has 1 saturated heterocycles. The minimum absolute atomic E-state index is 0.115. The van der Waals surface area contributed by atoms with Gasteiger partial charge in [0.25, 0.3) is 0 Å². The fourth-order valence-corrected chi connectivity index (χ4v) is 5.76. The number of ether oxygens (including phenoxy) is 2. The van der Waals surface area contributed by atoms with Gasteiger partial charge in [0.15, 0.2) is 0 Å². The van der Waals surface area contributed by atoms with E-state index in [1.165, 1.54) is 24.9 Å². The molecule has 3 heterocycles. The lowest BCUT2D eigenvalue weighted by Crippen LogP contribution is -2.50. The molecule has 0 bridgehead atoms. The zero-order valence-corrected chi connectivity index (χ0v) is 20.1. The second-order valence-electron chi connectivity index (χ2n) is 10.2. The molecule has 2 atom stereocenters. The highest BCUT2D eigenvalue weighted by Crippen LogP contribution is 2.49. The number of fused-ring (bicyclic) bond motifs is 1. The summed E-state index contributed by atoms with van der Waals surface area (Å²) in [5.41, 5.74) is 1.74. The Labute approximate surface area is 203 Å². The van der Waals surface area contributed by atoms with Gasteiger partial charge in [0, 0.05) is 32.1 Å². The molecule has 1 saturated carbocycles. The molecule has 188 valence electrons. The van der Waals surface area contributed by atoms with Gasteiger partial charge in [-0.1, -0.05) is 19.1 Å². The molecule has 5 rings (SSSR count). The van der Waals surface area contributed by atoms with Gasteiger partial charge in [0.1, 0.15) is 11.4 Å². The van der Waals surface area contributed by atoms with Gasteiger partial charge in [-0.05, 0) is 60.8 Å². The maximum atomic E-state index is 13.1. The van der Waals surface area contributed by atoms with Crippen molar-refractivity contribution in [1.82, 2.24) is 4.98 Å². The van der Waals surface area contributed by atoms with E-state index in [1.54, 1.807) is 0 Å². The van der Waals surface area contributed by atoms with Gasteiger partial charge in [0.2, 0.25) is 0 Å². The number of hydrogen-bond acceptors (Lipinski definition) is 5. The Morgan fingerprint density at radius 3 is 2.57 bits per heavy atom. The molecule has 0 N–H and O–H groups in total. The second-order valence-corrected chi connectivity index (χ2v) is 10.2. The van der Waals surface area contributed by atoms with Gasteiger partial charge < -0.3 is 14.4 Å². The normalized spacial score (nSPS) is 21.1. The fourth-order valence-electron chi connectivity index (χ4n) is 5.76. The van der Waals surface area contributed by atoms with Crippen molar-refractivity contribution in [2.75, 3.05) is 25.1 Å². The smallest absolute Gasteiger partial charge is 0.417 e. The number of alkyl halides is 3. The molecule has 0 unspecified atom stereocenters. The molecule has 8 heteroatoms. The number of methoxy groups -OCH3 is 1. The number of aryl methyl sites for hydroxylation is 1. The third-order valence-electron chi connectivity index (χ3n) is 7.99. The molecule has 2 fully saturated rings. The van der Waals surface area contributed by atoms with Crippen molar-refractivity contribution in [3.05, 3.63) is 53.3 Å². The van der Waals surface area contributed by atoms with Crippen molar-refractivity contribution in [1.29, 1.82) is 0 Å². The minimum Gasteiger partial charge on any atom is -0.487 e. The molecular weight excluding hydrogens is 457 g/mol. The van der Waals surface area contributed by atoms with Crippen LogP contribution in [0, 0.1) is 11.8 Å². The summed E-state index contributed by atoms with van der Waals surface area (Å²) in [4.78, 5) is 18.1. The lowest BCUT2D eigenvalue weighted by molar-refractivity contribution is -0.145. The van der Waals surface area contributed by atoms with Crippen LogP contribution in [-0.4, -0.2) is 36.8 Å². The largest absolute Gasteiger partial charge is 0.487 e. The van der Waals surface area contributed by atoms with Crippen LogP contribution in [0.1, 0.15) is 61.6 Å². The van der Waals surface area contributed by atoms with E-state index in [4.69, 9.17) is 9.47 Å². The third kappa shape index (κ3) is 4.84. The van der Waals surface area contributed by atoms with Gasteiger partial charge in [-0.15, -0.1) is 0 Å². The average Bonchev–Trinajstić information content (AvgIpc) is 3.68. The van der Waals surface area contributed by atoms with Crippen LogP contribution in [0.3, 0.4) is 0 Å². The Morgan fingerprint density at radius 1 is 1.17 bits per heavy atom. The number of piperidine rings is 1. The van der Waals surface area contributed by atoms with Gasteiger partial charge >= 0.3 is 12.1 Å². The number of halogens is 3. The van der Waals surface area contributed by atoms with Crippen LogP contribution < -0.4 is 9.64 Å². The van der Waals surface area contributed by atoms with Crippen LogP contribution in [0.15, 0.2) is 36.7 Å². The average molecular weight is 489 g/mol. The molecule has 1 aliphatic carbocycles. The van der Waals surface area contributed by atoms with Crippen LogP contribution in [0.25, 0.3) is 0 Å². The standard InChI is InChI=1S/C27H31F3N2O3/c1-17(25(33)34-2)24(19-4-5-19)20-6-3-18-7-8-26(35-23(18)13-20)9-11-32(12-10-26)22-14-21(15-31-16-22)27(28,29)30/h3,6,13-17,19,24H,4-5,7-12H2,1-2H3/t17-,24-/m0/s1. The first-order valence-corrected chi connectivity index (χ1v) is 12.4. The molecular formula is C27H31F3N2O3. The highest BCUT2D eigenvalue weighted by Gasteiger charge is 2.42. The Bertz CT molecular complexity index is 1090. The molecule has 0 amide bonds. The van der Waals surface area contributed by atoms with E-state index in [9.17, 15) is 18.0 Å². The van der Waals surface area contributed by atoms with Crippen LogP contribution in [0.2, 0.25) is 0 Å². The zero-order valence-electron chi connectivity index (χ0n) is 20.1. The molecule has 1 aromatic heterocycles. The maximum Gasteiger partial charge on any atom is 0.417 e. The lowest BCUT2D eigenvalue weighted by atomic mass is 9.80. The Balaban J connectivity index is 1.31. The van der Waals surface area contributed by atoms with E-state index in [1.807, 2.05) is 11.8 Å². The summed E-state index contributed by atoms with van der Waals surface area (Å²) >= 11 is 0. The number of benzene rings is 1. The van der Waals surface area contributed by atoms with E-state index in [0.717, 1.165) is 56.0 Å². The molecule has 1 spiro atoms. The Hall–Kier alpha value is -2.77. The number of rotatable bonds is 5. The molecule has 0 radical (unpaired) electrons. The van der Waals surface area contributed by atoms with Crippen molar-refractivity contribution in [3.8, 4) is 5.75 Å². The van der Waals surface area contributed by atoms with Crippen LogP contribution in [-0.2, 0) is 22.1 Å². The first-order valence-electron chi connectivity index (χ1n) is 12.4. The summed E-state index contributed by atoms with van der Waals surface area (Å²) in [5.74, 6) is 1.08.